The molecule has 1 heterocycles. The molecule has 1 saturated heterocycles. The van der Waals surface area contributed by atoms with Crippen LogP contribution in [0.5, 0.6) is 0 Å². The molecule has 0 atom stereocenters. The summed E-state index contributed by atoms with van der Waals surface area (Å²) in [6, 6.07) is 0. The molecule has 5 nitrogen and oxygen atoms in total. The van der Waals surface area contributed by atoms with Crippen molar-refractivity contribution < 1.29 is 14.3 Å². The predicted octanol–water partition coefficient (Wildman–Crippen LogP) is 1.32. The lowest BCUT2D eigenvalue weighted by Crippen LogP contribution is -2.33. The number of ether oxygens (including phenoxy) is 2. The monoisotopic (exact) mass is 286 g/mol. The molecule has 1 amide bonds. The Kier molecular flexibility index (Phi) is 9.62. The predicted molar refractivity (Wildman–Crippen MR) is 79.7 cm³/mol. The number of carbonyl (C=O) groups is 1. The number of hydrogen-bond acceptors (Lipinski definition) is 4. The molecule has 20 heavy (non-hydrogen) atoms. The van der Waals surface area contributed by atoms with Gasteiger partial charge in [0.1, 0.15) is 0 Å². The Bertz CT molecular complexity index is 254. The largest absolute Gasteiger partial charge is 0.380 e. The summed E-state index contributed by atoms with van der Waals surface area (Å²) in [5, 5.41) is 6.14. The molecular formula is C15H30N2O3. The first-order valence-corrected chi connectivity index (χ1v) is 7.85. The summed E-state index contributed by atoms with van der Waals surface area (Å²) < 4.78 is 11.1. The molecule has 0 unspecified atom stereocenters. The minimum Gasteiger partial charge on any atom is -0.380 e. The Morgan fingerprint density at radius 2 is 2.00 bits per heavy atom. The molecule has 0 radical (unpaired) electrons. The standard InChI is InChI=1S/C15H30N2O3/c1-13(2)5-10-19-12-9-17-15(18)6-11-20-14-3-7-16-8-4-14/h13-14,16H,3-12H2,1-2H3,(H,17,18). The number of rotatable bonds is 10. The van der Waals surface area contributed by atoms with Crippen LogP contribution in [0.3, 0.4) is 0 Å². The van der Waals surface area contributed by atoms with Crippen molar-refractivity contribution in [3.63, 3.8) is 0 Å². The van der Waals surface area contributed by atoms with Crippen LogP contribution in [0.4, 0.5) is 0 Å². The Balaban J connectivity index is 1.87. The second-order valence-electron chi connectivity index (χ2n) is 5.71. The molecule has 0 spiro atoms. The third kappa shape index (κ3) is 9.28. The Morgan fingerprint density at radius 3 is 2.70 bits per heavy atom. The Labute approximate surface area is 122 Å². The van der Waals surface area contributed by atoms with Crippen LogP contribution in [-0.2, 0) is 14.3 Å². The van der Waals surface area contributed by atoms with Gasteiger partial charge in [0.05, 0.1) is 19.3 Å². The summed E-state index contributed by atoms with van der Waals surface area (Å²) in [6.45, 7) is 8.85. The highest BCUT2D eigenvalue weighted by molar-refractivity contribution is 5.75. The SMILES string of the molecule is CC(C)CCOCCNC(=O)CCOC1CCNCC1. The fourth-order valence-corrected chi connectivity index (χ4v) is 2.05. The van der Waals surface area contributed by atoms with Crippen molar-refractivity contribution in [2.45, 2.75) is 45.6 Å². The van der Waals surface area contributed by atoms with E-state index in [0.717, 1.165) is 39.0 Å². The van der Waals surface area contributed by atoms with Crippen molar-refractivity contribution >= 4 is 5.91 Å². The third-order valence-electron chi connectivity index (χ3n) is 3.38. The van der Waals surface area contributed by atoms with Gasteiger partial charge in [-0.3, -0.25) is 4.79 Å². The van der Waals surface area contributed by atoms with Gasteiger partial charge in [0.2, 0.25) is 5.91 Å². The van der Waals surface area contributed by atoms with Crippen LogP contribution in [-0.4, -0.2) is 51.5 Å². The van der Waals surface area contributed by atoms with E-state index in [2.05, 4.69) is 24.5 Å². The molecule has 1 fully saturated rings. The molecule has 0 aromatic heterocycles. The average molecular weight is 286 g/mol. The molecule has 0 bridgehead atoms. The average Bonchev–Trinajstić information content (AvgIpc) is 2.43. The summed E-state index contributed by atoms with van der Waals surface area (Å²) >= 11 is 0. The van der Waals surface area contributed by atoms with Gasteiger partial charge in [-0.15, -0.1) is 0 Å². The molecule has 118 valence electrons. The highest BCUT2D eigenvalue weighted by atomic mass is 16.5. The van der Waals surface area contributed by atoms with Crippen LogP contribution in [0, 0.1) is 5.92 Å². The van der Waals surface area contributed by atoms with E-state index in [1.807, 2.05) is 0 Å². The van der Waals surface area contributed by atoms with E-state index in [4.69, 9.17) is 9.47 Å². The summed E-state index contributed by atoms with van der Waals surface area (Å²) in [6.07, 6.45) is 3.92. The Hall–Kier alpha value is -0.650. The summed E-state index contributed by atoms with van der Waals surface area (Å²) in [4.78, 5) is 11.6. The lowest BCUT2D eigenvalue weighted by atomic mass is 10.1. The second-order valence-corrected chi connectivity index (χ2v) is 5.71. The molecule has 1 aliphatic rings. The smallest absolute Gasteiger partial charge is 0.222 e. The molecule has 1 aliphatic heterocycles. The van der Waals surface area contributed by atoms with E-state index < -0.39 is 0 Å². The normalized spacial score (nSPS) is 16.6. The molecule has 0 saturated carbocycles. The maximum atomic E-state index is 11.6. The van der Waals surface area contributed by atoms with Crippen molar-refractivity contribution in [1.29, 1.82) is 0 Å². The van der Waals surface area contributed by atoms with Crippen LogP contribution < -0.4 is 10.6 Å². The number of piperidine rings is 1. The van der Waals surface area contributed by atoms with Crippen molar-refractivity contribution in [3.05, 3.63) is 0 Å². The van der Waals surface area contributed by atoms with Crippen molar-refractivity contribution in [2.75, 3.05) is 39.5 Å². The van der Waals surface area contributed by atoms with Crippen molar-refractivity contribution in [2.24, 2.45) is 5.92 Å². The third-order valence-corrected chi connectivity index (χ3v) is 3.38. The van der Waals surface area contributed by atoms with Crippen LogP contribution in [0.1, 0.15) is 39.5 Å². The fraction of sp³-hybridized carbons (Fsp3) is 0.933. The number of hydrogen-bond donors (Lipinski definition) is 2. The van der Waals surface area contributed by atoms with Gasteiger partial charge in [0, 0.05) is 19.6 Å². The number of nitrogens with one attached hydrogen (secondary N) is 2. The highest BCUT2D eigenvalue weighted by Gasteiger charge is 2.13. The van der Waals surface area contributed by atoms with E-state index >= 15 is 0 Å². The van der Waals surface area contributed by atoms with Gasteiger partial charge in [-0.2, -0.15) is 0 Å². The topological polar surface area (TPSA) is 59.6 Å². The van der Waals surface area contributed by atoms with Crippen LogP contribution in [0.2, 0.25) is 0 Å². The van der Waals surface area contributed by atoms with Gasteiger partial charge >= 0.3 is 0 Å². The first-order chi connectivity index (χ1) is 9.68. The van der Waals surface area contributed by atoms with E-state index in [1.165, 1.54) is 0 Å². The van der Waals surface area contributed by atoms with E-state index in [1.54, 1.807) is 0 Å². The van der Waals surface area contributed by atoms with Crippen molar-refractivity contribution in [1.82, 2.24) is 10.6 Å². The molecule has 5 heteroatoms. The zero-order chi connectivity index (χ0) is 14.6. The van der Waals surface area contributed by atoms with E-state index in [9.17, 15) is 4.79 Å². The number of carbonyl (C=O) groups excluding carboxylic acids is 1. The quantitative estimate of drug-likeness (QED) is 0.595. The highest BCUT2D eigenvalue weighted by Crippen LogP contribution is 2.07. The second kappa shape index (κ2) is 11.1. The molecule has 2 N–H and O–H groups in total. The van der Waals surface area contributed by atoms with E-state index in [0.29, 0.717) is 38.2 Å². The Morgan fingerprint density at radius 1 is 1.25 bits per heavy atom. The van der Waals surface area contributed by atoms with Crippen LogP contribution >= 0.6 is 0 Å². The van der Waals surface area contributed by atoms with Gasteiger partial charge in [-0.05, 0) is 38.3 Å². The molecule has 0 aromatic carbocycles. The van der Waals surface area contributed by atoms with Gasteiger partial charge in [0.15, 0.2) is 0 Å². The van der Waals surface area contributed by atoms with Crippen molar-refractivity contribution in [3.8, 4) is 0 Å². The first-order valence-electron chi connectivity index (χ1n) is 7.85. The van der Waals surface area contributed by atoms with Crippen LogP contribution in [0.15, 0.2) is 0 Å². The maximum Gasteiger partial charge on any atom is 0.222 e. The summed E-state index contributed by atoms with van der Waals surface area (Å²) in [7, 11) is 0. The lowest BCUT2D eigenvalue weighted by molar-refractivity contribution is -0.123. The lowest BCUT2D eigenvalue weighted by Gasteiger charge is -2.22. The van der Waals surface area contributed by atoms with Crippen LogP contribution in [0.25, 0.3) is 0 Å². The van der Waals surface area contributed by atoms with Gasteiger partial charge in [-0.1, -0.05) is 13.8 Å². The maximum absolute atomic E-state index is 11.6. The van der Waals surface area contributed by atoms with Gasteiger partial charge in [0.25, 0.3) is 0 Å². The molecule has 0 aromatic rings. The summed E-state index contributed by atoms with van der Waals surface area (Å²) in [5.41, 5.74) is 0. The zero-order valence-corrected chi connectivity index (χ0v) is 13.0. The zero-order valence-electron chi connectivity index (χ0n) is 13.0. The molecular weight excluding hydrogens is 256 g/mol. The first kappa shape index (κ1) is 17.4. The van der Waals surface area contributed by atoms with E-state index in [-0.39, 0.29) is 5.91 Å². The minimum absolute atomic E-state index is 0.0476. The summed E-state index contributed by atoms with van der Waals surface area (Å²) in [5.74, 6) is 0.711. The van der Waals surface area contributed by atoms with Gasteiger partial charge < -0.3 is 20.1 Å². The number of amides is 1. The minimum atomic E-state index is 0.0476. The van der Waals surface area contributed by atoms with Gasteiger partial charge in [-0.25, -0.2) is 0 Å². The molecule has 0 aliphatic carbocycles. The fourth-order valence-electron chi connectivity index (χ4n) is 2.05. The molecule has 1 rings (SSSR count).